The molecule has 196 valence electrons. The summed E-state index contributed by atoms with van der Waals surface area (Å²) in [5.41, 5.74) is 1.03. The number of aromatic nitrogens is 2. The molecule has 1 aliphatic heterocycles. The minimum Gasteiger partial charge on any atom is -0.598 e. The molecule has 3 aromatic rings. The molecule has 2 fully saturated rings. The second-order valence-corrected chi connectivity index (χ2v) is 10.9. The highest BCUT2D eigenvalue weighted by Crippen LogP contribution is 2.30. The molecule has 1 aromatic heterocycles. The lowest BCUT2D eigenvalue weighted by molar-refractivity contribution is 0.152. The van der Waals surface area contributed by atoms with Gasteiger partial charge in [0.05, 0.1) is 31.1 Å². The third kappa shape index (κ3) is 6.14. The summed E-state index contributed by atoms with van der Waals surface area (Å²) in [5, 5.41) is 4.25. The molecule has 0 N–H and O–H groups in total. The van der Waals surface area contributed by atoms with Gasteiger partial charge >= 0.3 is 5.56 Å². The Morgan fingerprint density at radius 3 is 2.32 bits per heavy atom. The SMILES string of the molecule is O=c1c(OC2CCCCC2)c(N2CCN([S+]([O-])Cc3ccccc3)CC2)cnn1-c1cc(F)cc(F)c1. The summed E-state index contributed by atoms with van der Waals surface area (Å²) >= 11 is -1.15. The highest BCUT2D eigenvalue weighted by atomic mass is 32.2. The quantitative estimate of drug-likeness (QED) is 0.428. The molecular weight excluding hydrogens is 498 g/mol. The summed E-state index contributed by atoms with van der Waals surface area (Å²) in [7, 11) is 0. The van der Waals surface area contributed by atoms with Crippen LogP contribution in [-0.2, 0) is 17.1 Å². The van der Waals surface area contributed by atoms with Gasteiger partial charge in [0.1, 0.15) is 17.3 Å². The highest BCUT2D eigenvalue weighted by molar-refractivity contribution is 7.88. The Bertz CT molecular complexity index is 1240. The summed E-state index contributed by atoms with van der Waals surface area (Å²) in [6.07, 6.45) is 6.32. The van der Waals surface area contributed by atoms with E-state index in [0.717, 1.165) is 60.5 Å². The van der Waals surface area contributed by atoms with Crippen LogP contribution in [0.2, 0.25) is 0 Å². The van der Waals surface area contributed by atoms with Crippen molar-refractivity contribution in [3.8, 4) is 11.4 Å². The smallest absolute Gasteiger partial charge is 0.316 e. The van der Waals surface area contributed by atoms with Crippen molar-refractivity contribution >= 4 is 17.0 Å². The molecule has 5 rings (SSSR count). The van der Waals surface area contributed by atoms with Gasteiger partial charge in [-0.25, -0.2) is 8.78 Å². The van der Waals surface area contributed by atoms with E-state index >= 15 is 0 Å². The number of hydrogen-bond acceptors (Lipinski definition) is 6. The van der Waals surface area contributed by atoms with Gasteiger partial charge in [-0.2, -0.15) is 9.78 Å². The van der Waals surface area contributed by atoms with Gasteiger partial charge in [-0.3, -0.25) is 4.79 Å². The maximum Gasteiger partial charge on any atom is 0.316 e. The monoisotopic (exact) mass is 528 g/mol. The first-order valence-electron chi connectivity index (χ1n) is 12.7. The Morgan fingerprint density at radius 2 is 1.65 bits per heavy atom. The van der Waals surface area contributed by atoms with Gasteiger partial charge in [0, 0.05) is 36.1 Å². The van der Waals surface area contributed by atoms with Crippen molar-refractivity contribution in [3.63, 3.8) is 0 Å². The molecule has 0 bridgehead atoms. The van der Waals surface area contributed by atoms with Crippen LogP contribution in [0.3, 0.4) is 0 Å². The Hall–Kier alpha value is -2.95. The molecular formula is C27H30F2N4O3S. The molecule has 0 radical (unpaired) electrons. The standard InChI is InChI=1S/C27H30F2N4O3S/c28-21-15-22(29)17-23(16-21)33-27(34)26(36-24-9-5-2-6-10-24)25(18-30-33)31-11-13-32(14-12-31)37(35)19-20-7-3-1-4-8-20/h1,3-4,7-8,15-18,24H,2,5-6,9-14,19H2. The van der Waals surface area contributed by atoms with Crippen LogP contribution in [0, 0.1) is 11.6 Å². The maximum atomic E-state index is 13.9. The van der Waals surface area contributed by atoms with Crippen LogP contribution < -0.4 is 15.2 Å². The second kappa shape index (κ2) is 11.6. The van der Waals surface area contributed by atoms with Crippen LogP contribution in [0.4, 0.5) is 14.5 Å². The summed E-state index contributed by atoms with van der Waals surface area (Å²) in [5.74, 6) is -0.978. The largest absolute Gasteiger partial charge is 0.598 e. The molecule has 2 aromatic carbocycles. The van der Waals surface area contributed by atoms with Gasteiger partial charge in [0.25, 0.3) is 0 Å². The minimum atomic E-state index is -1.15. The molecule has 2 aliphatic rings. The molecule has 37 heavy (non-hydrogen) atoms. The average Bonchev–Trinajstić information content (AvgIpc) is 2.90. The van der Waals surface area contributed by atoms with Crippen LogP contribution in [0.1, 0.15) is 37.7 Å². The van der Waals surface area contributed by atoms with Crippen molar-refractivity contribution in [1.29, 1.82) is 0 Å². The molecule has 2 heterocycles. The van der Waals surface area contributed by atoms with Crippen LogP contribution in [0.15, 0.2) is 59.5 Å². The van der Waals surface area contributed by atoms with Crippen LogP contribution in [-0.4, -0.2) is 50.9 Å². The van der Waals surface area contributed by atoms with E-state index < -0.39 is 28.6 Å². The van der Waals surface area contributed by atoms with E-state index in [0.29, 0.717) is 37.6 Å². The number of benzene rings is 2. The van der Waals surface area contributed by atoms with Crippen molar-refractivity contribution in [1.82, 2.24) is 14.1 Å². The number of hydrogen-bond donors (Lipinski definition) is 0. The molecule has 10 heteroatoms. The summed E-state index contributed by atoms with van der Waals surface area (Å²) in [4.78, 5) is 15.6. The summed E-state index contributed by atoms with van der Waals surface area (Å²) in [6, 6.07) is 12.6. The Kier molecular flexibility index (Phi) is 8.07. The van der Waals surface area contributed by atoms with Crippen molar-refractivity contribution in [2.45, 2.75) is 44.0 Å². The lowest BCUT2D eigenvalue weighted by atomic mass is 9.98. The van der Waals surface area contributed by atoms with Gasteiger partial charge in [-0.05, 0) is 37.8 Å². The zero-order chi connectivity index (χ0) is 25.8. The lowest BCUT2D eigenvalue weighted by Gasteiger charge is -2.36. The van der Waals surface area contributed by atoms with Crippen molar-refractivity contribution in [3.05, 3.63) is 82.3 Å². The zero-order valence-corrected chi connectivity index (χ0v) is 21.3. The zero-order valence-electron chi connectivity index (χ0n) is 20.5. The number of rotatable bonds is 7. The number of halogens is 2. The highest BCUT2D eigenvalue weighted by Gasteiger charge is 2.30. The molecule has 0 amide bonds. The van der Waals surface area contributed by atoms with E-state index in [2.05, 4.69) is 5.10 Å². The molecule has 1 unspecified atom stereocenters. The normalized spacial score (nSPS) is 18.1. The van der Waals surface area contributed by atoms with E-state index in [1.54, 1.807) is 0 Å². The van der Waals surface area contributed by atoms with E-state index in [4.69, 9.17) is 4.74 Å². The fourth-order valence-corrected chi connectivity index (χ4v) is 6.13. The first-order chi connectivity index (χ1) is 18.0. The second-order valence-electron chi connectivity index (χ2n) is 9.45. The number of anilines is 1. The molecule has 1 aliphatic carbocycles. The van der Waals surface area contributed by atoms with Gasteiger partial charge in [-0.1, -0.05) is 36.8 Å². The fourth-order valence-electron chi connectivity index (χ4n) is 4.90. The van der Waals surface area contributed by atoms with E-state index in [-0.39, 0.29) is 17.5 Å². The van der Waals surface area contributed by atoms with Gasteiger partial charge in [0.2, 0.25) is 5.75 Å². The fraction of sp³-hybridized carbons (Fsp3) is 0.407. The number of piperazine rings is 1. The molecule has 1 saturated heterocycles. The Labute approximate surface area is 218 Å². The van der Waals surface area contributed by atoms with Crippen molar-refractivity contribution in [2.24, 2.45) is 0 Å². The Balaban J connectivity index is 1.38. The third-order valence-electron chi connectivity index (χ3n) is 6.84. The van der Waals surface area contributed by atoms with E-state index in [1.165, 1.54) is 6.20 Å². The predicted octanol–water partition coefficient (Wildman–Crippen LogP) is 4.21. The molecule has 0 spiro atoms. The van der Waals surface area contributed by atoms with Gasteiger partial charge < -0.3 is 14.2 Å². The number of nitrogens with zero attached hydrogens (tertiary/aromatic N) is 4. The third-order valence-corrected chi connectivity index (χ3v) is 8.37. The minimum absolute atomic E-state index is 0.00340. The van der Waals surface area contributed by atoms with Crippen LogP contribution in [0.5, 0.6) is 5.75 Å². The van der Waals surface area contributed by atoms with Crippen molar-refractivity contribution < 1.29 is 18.1 Å². The Morgan fingerprint density at radius 1 is 0.973 bits per heavy atom. The topological polar surface area (TPSA) is 73.7 Å². The first-order valence-corrected chi connectivity index (χ1v) is 13.9. The van der Waals surface area contributed by atoms with Gasteiger partial charge in [0.15, 0.2) is 5.75 Å². The average molecular weight is 529 g/mol. The maximum absolute atomic E-state index is 13.9. The molecule has 1 saturated carbocycles. The summed E-state index contributed by atoms with van der Waals surface area (Å²) < 4.78 is 49.9. The lowest BCUT2D eigenvalue weighted by Crippen LogP contribution is -2.49. The molecule has 1 atom stereocenters. The summed E-state index contributed by atoms with van der Waals surface area (Å²) in [6.45, 7) is 2.20. The van der Waals surface area contributed by atoms with Gasteiger partial charge in [-0.15, -0.1) is 4.31 Å². The van der Waals surface area contributed by atoms with Crippen LogP contribution in [0.25, 0.3) is 5.69 Å². The van der Waals surface area contributed by atoms with E-state index in [1.807, 2.05) is 39.5 Å². The molecule has 7 nitrogen and oxygen atoms in total. The number of ether oxygens (including phenoxy) is 1. The van der Waals surface area contributed by atoms with Crippen molar-refractivity contribution in [2.75, 3.05) is 31.1 Å². The van der Waals surface area contributed by atoms with E-state index in [9.17, 15) is 18.1 Å². The van der Waals surface area contributed by atoms with Crippen LogP contribution >= 0.6 is 0 Å². The first kappa shape index (κ1) is 25.7. The predicted molar refractivity (Wildman–Crippen MR) is 139 cm³/mol.